The number of ether oxygens (including phenoxy) is 2. The van der Waals surface area contributed by atoms with E-state index >= 15 is 0 Å². The van der Waals surface area contributed by atoms with Gasteiger partial charge in [0.05, 0.1) is 0 Å². The highest BCUT2D eigenvalue weighted by atomic mass is 16.5. The van der Waals surface area contributed by atoms with Crippen LogP contribution in [0.25, 0.3) is 12.2 Å². The first-order chi connectivity index (χ1) is 22.3. The summed E-state index contributed by atoms with van der Waals surface area (Å²) >= 11 is 0. The number of aliphatic carboxylic acids is 2. The zero-order chi connectivity index (χ0) is 34.7. The van der Waals surface area contributed by atoms with Gasteiger partial charge in [-0.3, -0.25) is 9.59 Å². The predicted molar refractivity (Wildman–Crippen MR) is 176 cm³/mol. The number of carbonyl (C=O) groups excluding carboxylic acids is 2. The molecule has 12 nitrogen and oxygen atoms in total. The third-order valence-corrected chi connectivity index (χ3v) is 9.28. The van der Waals surface area contributed by atoms with Crippen LogP contribution >= 0.6 is 0 Å². The molecule has 6 N–H and O–H groups in total. The molecule has 2 amide bonds. The van der Waals surface area contributed by atoms with Gasteiger partial charge in [-0.05, 0) is 86.1 Å². The van der Waals surface area contributed by atoms with Crippen LogP contribution in [0.3, 0.4) is 0 Å². The standard InChI is InChI=1S/C35H44N4O8/c1-9-20-18(5)32(40)38-26(20)13-24-16(3)22(11-30(46-7)34(42)43)28(36-24)15-29-23(12-31(47-8)35(44)45)17(4)25(37-29)14-27-21(10-2)19(6)33(41)39-27/h13-14,30-31,36-37H,9-12,15H2,1-8H3,(H,38,40)(H,39,41)(H,42,43)(H,44,45)/b26-13+,27-14+. The lowest BCUT2D eigenvalue weighted by atomic mass is 9.96. The molecule has 2 aromatic heterocycles. The van der Waals surface area contributed by atoms with Crippen molar-refractivity contribution >= 4 is 35.9 Å². The first kappa shape index (κ1) is 35.2. The van der Waals surface area contributed by atoms with Crippen LogP contribution in [0.5, 0.6) is 0 Å². The van der Waals surface area contributed by atoms with E-state index in [2.05, 4.69) is 20.6 Å². The normalized spacial score (nSPS) is 18.0. The fourth-order valence-corrected chi connectivity index (χ4v) is 6.38. The fourth-order valence-electron chi connectivity index (χ4n) is 6.38. The second kappa shape index (κ2) is 14.4. The van der Waals surface area contributed by atoms with Gasteiger partial charge in [0.25, 0.3) is 11.8 Å². The quantitative estimate of drug-likeness (QED) is 0.176. The number of methoxy groups -OCH3 is 2. The van der Waals surface area contributed by atoms with Crippen LogP contribution in [0, 0.1) is 13.8 Å². The number of carboxylic acids is 2. The molecule has 0 radical (unpaired) electrons. The van der Waals surface area contributed by atoms with Gasteiger partial charge >= 0.3 is 11.9 Å². The third-order valence-electron chi connectivity index (χ3n) is 9.28. The lowest BCUT2D eigenvalue weighted by Gasteiger charge is -2.14. The van der Waals surface area contributed by atoms with Gasteiger partial charge in [0.15, 0.2) is 12.2 Å². The van der Waals surface area contributed by atoms with Crippen molar-refractivity contribution in [2.75, 3.05) is 14.2 Å². The number of nitrogens with one attached hydrogen (secondary N) is 4. The number of carboxylic acid groups (broad SMARTS) is 2. The number of allylic oxidation sites excluding steroid dienone is 2. The van der Waals surface area contributed by atoms with Crippen molar-refractivity contribution in [3.8, 4) is 0 Å². The molecule has 4 heterocycles. The Labute approximate surface area is 274 Å². The number of rotatable bonds is 14. The van der Waals surface area contributed by atoms with Crippen LogP contribution in [-0.2, 0) is 47.9 Å². The first-order valence-corrected chi connectivity index (χ1v) is 15.6. The lowest BCUT2D eigenvalue weighted by molar-refractivity contribution is -0.149. The summed E-state index contributed by atoms with van der Waals surface area (Å²) < 4.78 is 10.6. The van der Waals surface area contributed by atoms with Crippen molar-refractivity contribution in [2.45, 2.75) is 85.9 Å². The molecule has 47 heavy (non-hydrogen) atoms. The van der Waals surface area contributed by atoms with Crippen LogP contribution in [-0.4, -0.2) is 70.4 Å². The van der Waals surface area contributed by atoms with Gasteiger partial charge < -0.3 is 40.3 Å². The highest BCUT2D eigenvalue weighted by Gasteiger charge is 2.29. The van der Waals surface area contributed by atoms with E-state index in [1.165, 1.54) is 14.2 Å². The van der Waals surface area contributed by atoms with E-state index in [0.717, 1.165) is 33.4 Å². The Bertz CT molecular complexity index is 1620. The number of aromatic nitrogens is 2. The number of H-pyrrole nitrogens is 2. The van der Waals surface area contributed by atoms with Gasteiger partial charge in [-0.15, -0.1) is 0 Å². The summed E-state index contributed by atoms with van der Waals surface area (Å²) in [6, 6.07) is 0. The second-order valence-electron chi connectivity index (χ2n) is 11.9. The van der Waals surface area contributed by atoms with Crippen molar-refractivity contribution in [3.63, 3.8) is 0 Å². The Hall–Kier alpha value is -4.68. The highest BCUT2D eigenvalue weighted by Crippen LogP contribution is 2.32. The summed E-state index contributed by atoms with van der Waals surface area (Å²) in [4.78, 5) is 55.9. The molecule has 0 aliphatic carbocycles. The van der Waals surface area contributed by atoms with E-state index in [1.807, 2.05) is 39.8 Å². The highest BCUT2D eigenvalue weighted by molar-refractivity contribution is 6.01. The average molecular weight is 649 g/mol. The van der Waals surface area contributed by atoms with Crippen molar-refractivity contribution < 1.29 is 38.9 Å². The summed E-state index contributed by atoms with van der Waals surface area (Å²) in [6.45, 7) is 11.3. The zero-order valence-electron chi connectivity index (χ0n) is 28.2. The minimum absolute atomic E-state index is 0.0756. The third kappa shape index (κ3) is 7.03. The molecule has 0 saturated heterocycles. The topological polar surface area (TPSA) is 183 Å². The van der Waals surface area contributed by atoms with Gasteiger partial charge in [0.1, 0.15) is 0 Å². The Morgan fingerprint density at radius 1 is 0.702 bits per heavy atom. The minimum Gasteiger partial charge on any atom is -0.479 e. The molecule has 0 bridgehead atoms. The molecular weight excluding hydrogens is 604 g/mol. The van der Waals surface area contributed by atoms with E-state index in [9.17, 15) is 29.4 Å². The van der Waals surface area contributed by atoms with Crippen LogP contribution in [0.1, 0.15) is 85.6 Å². The number of aromatic amines is 2. The van der Waals surface area contributed by atoms with Crippen molar-refractivity contribution in [1.82, 2.24) is 20.6 Å². The molecule has 0 spiro atoms. The van der Waals surface area contributed by atoms with Crippen LogP contribution in [0.2, 0.25) is 0 Å². The Morgan fingerprint density at radius 2 is 1.06 bits per heavy atom. The maximum absolute atomic E-state index is 12.4. The summed E-state index contributed by atoms with van der Waals surface area (Å²) in [5.74, 6) is -2.51. The number of hydrogen-bond donors (Lipinski definition) is 6. The number of hydrogen-bond acceptors (Lipinski definition) is 6. The van der Waals surface area contributed by atoms with Gasteiger partial charge in [-0.2, -0.15) is 0 Å². The van der Waals surface area contributed by atoms with Crippen molar-refractivity contribution in [3.05, 3.63) is 78.7 Å². The smallest absolute Gasteiger partial charge is 0.333 e. The van der Waals surface area contributed by atoms with E-state index < -0.39 is 24.1 Å². The summed E-state index contributed by atoms with van der Waals surface area (Å²) in [5, 5.41) is 25.5. The fraction of sp³-hybridized carbons (Fsp3) is 0.429. The summed E-state index contributed by atoms with van der Waals surface area (Å²) in [6.07, 6.45) is 3.26. The lowest BCUT2D eigenvalue weighted by Crippen LogP contribution is -2.26. The second-order valence-corrected chi connectivity index (χ2v) is 11.9. The zero-order valence-corrected chi connectivity index (χ0v) is 28.2. The molecule has 2 aliphatic rings. The maximum atomic E-state index is 12.4. The van der Waals surface area contributed by atoms with Gasteiger partial charge in [0, 0.05) is 78.8 Å². The van der Waals surface area contributed by atoms with Crippen molar-refractivity contribution in [1.29, 1.82) is 0 Å². The molecular formula is C35H44N4O8. The van der Waals surface area contributed by atoms with Crippen LogP contribution in [0.15, 0.2) is 33.7 Å². The molecule has 252 valence electrons. The molecule has 12 heteroatoms. The van der Waals surface area contributed by atoms with Gasteiger partial charge in [-0.25, -0.2) is 9.59 Å². The summed E-state index contributed by atoms with van der Waals surface area (Å²) in [7, 11) is 2.70. The van der Waals surface area contributed by atoms with E-state index in [1.54, 1.807) is 13.8 Å². The molecule has 2 aliphatic heterocycles. The van der Waals surface area contributed by atoms with Crippen LogP contribution in [0.4, 0.5) is 0 Å². The Morgan fingerprint density at radius 3 is 1.36 bits per heavy atom. The summed E-state index contributed by atoms with van der Waals surface area (Å²) in [5.41, 5.74) is 10.4. The Kier molecular flexibility index (Phi) is 10.8. The first-order valence-electron chi connectivity index (χ1n) is 15.6. The number of carbonyl (C=O) groups is 4. The minimum atomic E-state index is -1.10. The molecule has 0 aromatic carbocycles. The maximum Gasteiger partial charge on any atom is 0.333 e. The Balaban J connectivity index is 1.88. The number of amides is 2. The average Bonchev–Trinajstić information content (AvgIpc) is 3.67. The molecule has 2 atom stereocenters. The van der Waals surface area contributed by atoms with Crippen LogP contribution < -0.4 is 10.6 Å². The van der Waals surface area contributed by atoms with E-state index in [0.29, 0.717) is 58.2 Å². The van der Waals surface area contributed by atoms with E-state index in [-0.39, 0.29) is 31.1 Å². The molecule has 0 fully saturated rings. The molecule has 4 rings (SSSR count). The molecule has 2 unspecified atom stereocenters. The molecule has 2 aromatic rings. The predicted octanol–water partition coefficient (Wildman–Crippen LogP) is 4.23. The monoisotopic (exact) mass is 648 g/mol. The van der Waals surface area contributed by atoms with Gasteiger partial charge in [-0.1, -0.05) is 13.8 Å². The van der Waals surface area contributed by atoms with Crippen molar-refractivity contribution in [2.24, 2.45) is 0 Å². The van der Waals surface area contributed by atoms with E-state index in [4.69, 9.17) is 9.47 Å². The largest absolute Gasteiger partial charge is 0.479 e. The molecule has 0 saturated carbocycles. The SMILES string of the molecule is CCC1=C(C)C(=O)N/C1=C/c1[nH]c(Cc2[nH]c(/C=C3/NC(=O)C(C)=C3CC)c(C)c2CC(OC)C(=O)O)c(CC(OC)C(=O)O)c1C. The van der Waals surface area contributed by atoms with Gasteiger partial charge in [0.2, 0.25) is 0 Å².